The molecular weight excluding hydrogens is 266 g/mol. The maximum atomic E-state index is 11.9. The van der Waals surface area contributed by atoms with Crippen LogP contribution in [-0.4, -0.2) is 50.9 Å². The summed E-state index contributed by atoms with van der Waals surface area (Å²) in [6, 6.07) is 7.53. The summed E-state index contributed by atoms with van der Waals surface area (Å²) in [7, 11) is 5.30. The lowest BCUT2D eigenvalue weighted by molar-refractivity contribution is -0.124. The third kappa shape index (κ3) is 5.55. The van der Waals surface area contributed by atoms with Gasteiger partial charge in [-0.15, -0.1) is 0 Å². The molecular formula is C16H25N3O2. The summed E-state index contributed by atoms with van der Waals surface area (Å²) in [5.41, 5.74) is 1.72. The zero-order valence-corrected chi connectivity index (χ0v) is 13.3. The molecule has 0 saturated carbocycles. The lowest BCUT2D eigenvalue weighted by Crippen LogP contribution is -2.35. The zero-order valence-electron chi connectivity index (χ0n) is 13.3. The van der Waals surface area contributed by atoms with Crippen molar-refractivity contribution in [1.82, 2.24) is 15.5 Å². The van der Waals surface area contributed by atoms with E-state index in [9.17, 15) is 9.59 Å². The molecule has 116 valence electrons. The fraction of sp³-hybridized carbons (Fsp3) is 0.500. The number of carbonyl (C=O) groups excluding carboxylic acids is 2. The number of benzene rings is 1. The van der Waals surface area contributed by atoms with Crippen LogP contribution in [0.4, 0.5) is 0 Å². The first-order valence-corrected chi connectivity index (χ1v) is 7.18. The minimum absolute atomic E-state index is 0.0106. The monoisotopic (exact) mass is 291 g/mol. The van der Waals surface area contributed by atoms with Crippen LogP contribution in [0.5, 0.6) is 0 Å². The van der Waals surface area contributed by atoms with Gasteiger partial charge in [0.15, 0.2) is 0 Å². The number of amides is 2. The van der Waals surface area contributed by atoms with E-state index < -0.39 is 0 Å². The molecule has 1 aromatic carbocycles. The molecule has 0 aliphatic carbocycles. The highest BCUT2D eigenvalue weighted by atomic mass is 16.2. The predicted octanol–water partition coefficient (Wildman–Crippen LogP) is 0.903. The topological polar surface area (TPSA) is 61.4 Å². The SMILES string of the molecule is CNCC(C)C(=O)NCCc1cccc(C(=O)N(C)C)c1. The molecule has 0 heterocycles. The molecule has 0 spiro atoms. The first kappa shape index (κ1) is 17.2. The molecule has 5 nitrogen and oxygen atoms in total. The lowest BCUT2D eigenvalue weighted by Gasteiger charge is -2.13. The number of hydrogen-bond donors (Lipinski definition) is 2. The molecule has 21 heavy (non-hydrogen) atoms. The maximum Gasteiger partial charge on any atom is 0.253 e. The van der Waals surface area contributed by atoms with Gasteiger partial charge in [-0.2, -0.15) is 0 Å². The summed E-state index contributed by atoms with van der Waals surface area (Å²) in [5.74, 6) is -0.00921. The Kier molecular flexibility index (Phi) is 6.88. The van der Waals surface area contributed by atoms with Gasteiger partial charge in [-0.3, -0.25) is 9.59 Å². The summed E-state index contributed by atoms with van der Waals surface area (Å²) in [6.45, 7) is 3.13. The van der Waals surface area contributed by atoms with Crippen molar-refractivity contribution in [3.05, 3.63) is 35.4 Å². The van der Waals surface area contributed by atoms with E-state index in [1.54, 1.807) is 25.1 Å². The molecule has 0 aliphatic heterocycles. The normalized spacial score (nSPS) is 11.8. The predicted molar refractivity (Wildman–Crippen MR) is 84.3 cm³/mol. The van der Waals surface area contributed by atoms with Crippen LogP contribution in [0.2, 0.25) is 0 Å². The number of hydrogen-bond acceptors (Lipinski definition) is 3. The van der Waals surface area contributed by atoms with E-state index in [1.807, 2.05) is 32.2 Å². The molecule has 0 fully saturated rings. The molecule has 1 unspecified atom stereocenters. The Morgan fingerprint density at radius 2 is 2.00 bits per heavy atom. The van der Waals surface area contributed by atoms with Crippen molar-refractivity contribution >= 4 is 11.8 Å². The number of nitrogens with one attached hydrogen (secondary N) is 2. The van der Waals surface area contributed by atoms with Gasteiger partial charge < -0.3 is 15.5 Å². The van der Waals surface area contributed by atoms with Gasteiger partial charge in [0.2, 0.25) is 5.91 Å². The van der Waals surface area contributed by atoms with Gasteiger partial charge in [0.05, 0.1) is 0 Å². The Hall–Kier alpha value is -1.88. The van der Waals surface area contributed by atoms with Crippen LogP contribution in [0, 0.1) is 5.92 Å². The third-order valence-corrected chi connectivity index (χ3v) is 3.25. The largest absolute Gasteiger partial charge is 0.355 e. The Labute approximate surface area is 126 Å². The average Bonchev–Trinajstić information content (AvgIpc) is 2.46. The van der Waals surface area contributed by atoms with E-state index in [1.165, 1.54) is 0 Å². The first-order valence-electron chi connectivity index (χ1n) is 7.18. The highest BCUT2D eigenvalue weighted by Crippen LogP contribution is 2.07. The molecule has 0 aromatic heterocycles. The van der Waals surface area contributed by atoms with Crippen molar-refractivity contribution in [2.75, 3.05) is 34.2 Å². The second kappa shape index (κ2) is 8.42. The van der Waals surface area contributed by atoms with E-state index in [4.69, 9.17) is 0 Å². The Morgan fingerprint density at radius 3 is 2.62 bits per heavy atom. The number of carbonyl (C=O) groups is 2. The minimum Gasteiger partial charge on any atom is -0.355 e. The van der Waals surface area contributed by atoms with Crippen molar-refractivity contribution in [1.29, 1.82) is 0 Å². The molecule has 0 radical (unpaired) electrons. The fourth-order valence-corrected chi connectivity index (χ4v) is 2.02. The lowest BCUT2D eigenvalue weighted by atomic mass is 10.1. The van der Waals surface area contributed by atoms with Gasteiger partial charge >= 0.3 is 0 Å². The third-order valence-electron chi connectivity index (χ3n) is 3.25. The van der Waals surface area contributed by atoms with Gasteiger partial charge in [0.25, 0.3) is 5.91 Å². The maximum absolute atomic E-state index is 11.9. The second-order valence-electron chi connectivity index (χ2n) is 5.40. The van der Waals surface area contributed by atoms with Crippen LogP contribution < -0.4 is 10.6 Å². The van der Waals surface area contributed by atoms with Gasteiger partial charge in [-0.25, -0.2) is 0 Å². The summed E-state index contributed by atoms with van der Waals surface area (Å²) in [6.07, 6.45) is 0.715. The minimum atomic E-state index is -0.0448. The van der Waals surface area contributed by atoms with Crippen molar-refractivity contribution in [2.24, 2.45) is 5.92 Å². The summed E-state index contributed by atoms with van der Waals surface area (Å²) >= 11 is 0. The number of rotatable bonds is 7. The highest BCUT2D eigenvalue weighted by Gasteiger charge is 2.11. The first-order chi connectivity index (χ1) is 9.95. The molecule has 1 atom stereocenters. The van der Waals surface area contributed by atoms with E-state index >= 15 is 0 Å². The molecule has 5 heteroatoms. The van der Waals surface area contributed by atoms with Crippen LogP contribution in [0.15, 0.2) is 24.3 Å². The van der Waals surface area contributed by atoms with E-state index in [2.05, 4.69) is 10.6 Å². The van der Waals surface area contributed by atoms with Crippen LogP contribution in [0.3, 0.4) is 0 Å². The molecule has 0 saturated heterocycles. The van der Waals surface area contributed by atoms with Gasteiger partial charge in [0, 0.05) is 38.7 Å². The Morgan fingerprint density at radius 1 is 1.29 bits per heavy atom. The van der Waals surface area contributed by atoms with Crippen molar-refractivity contribution in [3.63, 3.8) is 0 Å². The Bertz CT molecular complexity index is 486. The Balaban J connectivity index is 2.51. The molecule has 0 bridgehead atoms. The van der Waals surface area contributed by atoms with Crippen LogP contribution in [-0.2, 0) is 11.2 Å². The van der Waals surface area contributed by atoms with Crippen LogP contribution in [0.1, 0.15) is 22.8 Å². The van der Waals surface area contributed by atoms with E-state index in [0.717, 1.165) is 5.56 Å². The van der Waals surface area contributed by atoms with Gasteiger partial charge in [0.1, 0.15) is 0 Å². The van der Waals surface area contributed by atoms with E-state index in [0.29, 0.717) is 25.1 Å². The highest BCUT2D eigenvalue weighted by molar-refractivity contribution is 5.94. The molecule has 2 amide bonds. The quantitative estimate of drug-likeness (QED) is 0.785. The standard InChI is InChI=1S/C16H25N3O2/c1-12(11-17-2)15(20)18-9-8-13-6-5-7-14(10-13)16(21)19(3)4/h5-7,10,12,17H,8-9,11H2,1-4H3,(H,18,20). The summed E-state index contributed by atoms with van der Waals surface area (Å²) in [5, 5.41) is 5.90. The molecule has 0 aliphatic rings. The van der Waals surface area contributed by atoms with Crippen molar-refractivity contribution in [2.45, 2.75) is 13.3 Å². The number of nitrogens with zero attached hydrogens (tertiary/aromatic N) is 1. The summed E-state index contributed by atoms with van der Waals surface area (Å²) < 4.78 is 0. The average molecular weight is 291 g/mol. The smallest absolute Gasteiger partial charge is 0.253 e. The van der Waals surface area contributed by atoms with Crippen molar-refractivity contribution in [3.8, 4) is 0 Å². The summed E-state index contributed by atoms with van der Waals surface area (Å²) in [4.78, 5) is 25.2. The van der Waals surface area contributed by atoms with Gasteiger partial charge in [-0.05, 0) is 31.2 Å². The molecule has 1 aromatic rings. The van der Waals surface area contributed by atoms with Crippen LogP contribution >= 0.6 is 0 Å². The van der Waals surface area contributed by atoms with Crippen LogP contribution in [0.25, 0.3) is 0 Å². The molecule has 2 N–H and O–H groups in total. The zero-order chi connectivity index (χ0) is 15.8. The fourth-order valence-electron chi connectivity index (χ4n) is 2.02. The van der Waals surface area contributed by atoms with Crippen molar-refractivity contribution < 1.29 is 9.59 Å². The van der Waals surface area contributed by atoms with E-state index in [-0.39, 0.29) is 17.7 Å². The second-order valence-corrected chi connectivity index (χ2v) is 5.40. The van der Waals surface area contributed by atoms with Gasteiger partial charge in [-0.1, -0.05) is 19.1 Å². The molecule has 1 rings (SSSR count).